The van der Waals surface area contributed by atoms with E-state index in [0.717, 1.165) is 0 Å². The van der Waals surface area contributed by atoms with Gasteiger partial charge in [0.2, 0.25) is 0 Å². The maximum Gasteiger partial charge on any atom is 0.126 e. The van der Waals surface area contributed by atoms with Gasteiger partial charge in [0.15, 0.2) is 0 Å². The van der Waals surface area contributed by atoms with Crippen LogP contribution in [0.3, 0.4) is 0 Å². The third kappa shape index (κ3) is 18.5. The molecule has 1 radical (unpaired) electrons. The third-order valence-electron chi connectivity index (χ3n) is 1.37. The van der Waals surface area contributed by atoms with Crippen LogP contribution >= 0.6 is 0 Å². The van der Waals surface area contributed by atoms with Crippen molar-refractivity contribution in [1.29, 1.82) is 0 Å². The van der Waals surface area contributed by atoms with Crippen LogP contribution in [0.15, 0.2) is 24.3 Å². The normalized spacial score (nSPS) is 14.3. The monoisotopic (exact) mass is 229 g/mol. The number of carbonyl (C=O) groups is 1. The second-order valence-corrected chi connectivity index (χ2v) is 3.05. The van der Waals surface area contributed by atoms with Crippen LogP contribution in [0.4, 0.5) is 0 Å². The molecule has 0 unspecified atom stereocenters. The number of carbonyl (C=O) groups excluding carboxylic acids is 1. The molecular weight excluding hydrogens is 212 g/mol. The Morgan fingerprint density at radius 2 is 1.31 bits per heavy atom. The Morgan fingerprint density at radius 3 is 1.62 bits per heavy atom. The smallest absolute Gasteiger partial charge is 0.126 e. The molecule has 1 rings (SSSR count). The fourth-order valence-corrected chi connectivity index (χ4v) is 0.874. The fourth-order valence-electron chi connectivity index (χ4n) is 0.874. The van der Waals surface area contributed by atoms with Crippen molar-refractivity contribution in [2.75, 3.05) is 0 Å². The van der Waals surface area contributed by atoms with E-state index in [2.05, 4.69) is 24.3 Å². The van der Waals surface area contributed by atoms with E-state index in [1.165, 1.54) is 39.5 Å². The minimum atomic E-state index is 0. The molecule has 0 N–H and O–H groups in total. The van der Waals surface area contributed by atoms with E-state index in [0.29, 0.717) is 0 Å². The number of rotatable bonds is 0. The maximum atomic E-state index is 9.44. The quantitative estimate of drug-likeness (QED) is 0.583. The van der Waals surface area contributed by atoms with Crippen LogP contribution < -0.4 is 0 Å². The summed E-state index contributed by atoms with van der Waals surface area (Å²) in [6, 6.07) is 0. The van der Waals surface area contributed by atoms with Gasteiger partial charge in [-0.25, -0.2) is 0 Å². The average molecular weight is 230 g/mol. The van der Waals surface area contributed by atoms with Gasteiger partial charge in [-0.1, -0.05) is 24.3 Å². The summed E-state index contributed by atoms with van der Waals surface area (Å²) < 4.78 is 0. The average Bonchev–Trinajstić information content (AvgIpc) is 1.82. The first kappa shape index (κ1) is 15.2. The zero-order valence-corrected chi connectivity index (χ0v) is 9.29. The van der Waals surface area contributed by atoms with Gasteiger partial charge in [0, 0.05) is 17.1 Å². The van der Waals surface area contributed by atoms with E-state index in [-0.39, 0.29) is 22.9 Å². The molecule has 0 saturated heterocycles. The Hall–Kier alpha value is -0.331. The minimum Gasteiger partial charge on any atom is -0.300 e. The van der Waals surface area contributed by atoms with E-state index in [1.54, 1.807) is 0 Å². The Bertz CT molecular complexity index is 153. The summed E-state index contributed by atoms with van der Waals surface area (Å²) >= 11 is 0. The molecule has 1 aliphatic rings. The Labute approximate surface area is 91.8 Å². The topological polar surface area (TPSA) is 17.1 Å². The number of hydrogen-bond donors (Lipinski definition) is 0. The van der Waals surface area contributed by atoms with Crippen molar-refractivity contribution in [2.45, 2.75) is 39.5 Å². The fraction of sp³-hybridized carbons (Fsp3) is 0.545. The Morgan fingerprint density at radius 1 is 1.00 bits per heavy atom. The first-order valence-corrected chi connectivity index (χ1v) is 4.52. The molecule has 13 heavy (non-hydrogen) atoms. The number of hydrogen-bond acceptors (Lipinski definition) is 1. The van der Waals surface area contributed by atoms with Crippen LogP contribution in [0.1, 0.15) is 39.5 Å². The second kappa shape index (κ2) is 11.7. The molecule has 0 aromatic rings. The van der Waals surface area contributed by atoms with Crippen molar-refractivity contribution in [3.8, 4) is 0 Å². The Kier molecular flexibility index (Phi) is 13.6. The predicted octanol–water partition coefficient (Wildman–Crippen LogP) is 3.27. The van der Waals surface area contributed by atoms with Crippen molar-refractivity contribution >= 4 is 5.78 Å². The molecule has 2 heteroatoms. The van der Waals surface area contributed by atoms with Crippen LogP contribution in [0.2, 0.25) is 0 Å². The number of Topliss-reactive ketones (excluding diaryl/α,β-unsaturated/α-hetero) is 1. The van der Waals surface area contributed by atoms with Crippen LogP contribution in [0, 0.1) is 0 Å². The van der Waals surface area contributed by atoms with Gasteiger partial charge in [-0.3, -0.25) is 0 Å². The molecule has 0 heterocycles. The Balaban J connectivity index is 0. The molecule has 0 spiro atoms. The first-order valence-electron chi connectivity index (χ1n) is 4.52. The SMILES string of the molecule is C1=CCCCCC=C1.CC(C)=O.[Cu]. The molecule has 0 aromatic carbocycles. The van der Waals surface area contributed by atoms with Crippen LogP contribution in [-0.4, -0.2) is 5.78 Å². The standard InChI is InChI=1S/C8H12.C3H6O.Cu/c1-2-4-6-8-7-5-3-1;1-3(2)4;/h1-4H,5-8H2;1-2H3;. The summed E-state index contributed by atoms with van der Waals surface area (Å²) in [6.07, 6.45) is 14.0. The van der Waals surface area contributed by atoms with Gasteiger partial charge in [0.25, 0.3) is 0 Å². The molecule has 0 bridgehead atoms. The largest absolute Gasteiger partial charge is 0.300 e. The second-order valence-electron chi connectivity index (χ2n) is 3.05. The van der Waals surface area contributed by atoms with Gasteiger partial charge in [0.1, 0.15) is 5.78 Å². The molecule has 1 nitrogen and oxygen atoms in total. The molecule has 0 aliphatic heterocycles. The van der Waals surface area contributed by atoms with Crippen molar-refractivity contribution < 1.29 is 21.9 Å². The molecule has 79 valence electrons. The summed E-state index contributed by atoms with van der Waals surface area (Å²) in [4.78, 5) is 9.44. The molecule has 0 fully saturated rings. The van der Waals surface area contributed by atoms with Crippen LogP contribution in [0.5, 0.6) is 0 Å². The molecule has 0 aromatic heterocycles. The maximum absolute atomic E-state index is 9.44. The molecule has 1 aliphatic carbocycles. The molecule has 0 saturated carbocycles. The predicted molar refractivity (Wildman–Crippen MR) is 53.1 cm³/mol. The summed E-state index contributed by atoms with van der Waals surface area (Å²) in [6.45, 7) is 3.06. The van der Waals surface area contributed by atoms with E-state index in [1.807, 2.05) is 0 Å². The number of ketones is 1. The van der Waals surface area contributed by atoms with Crippen LogP contribution in [0.25, 0.3) is 0 Å². The summed E-state index contributed by atoms with van der Waals surface area (Å²) in [7, 11) is 0. The van der Waals surface area contributed by atoms with Crippen molar-refractivity contribution in [2.24, 2.45) is 0 Å². The van der Waals surface area contributed by atoms with Gasteiger partial charge in [-0.15, -0.1) is 0 Å². The first-order chi connectivity index (χ1) is 5.73. The van der Waals surface area contributed by atoms with Gasteiger partial charge in [-0.2, -0.15) is 0 Å². The van der Waals surface area contributed by atoms with E-state index >= 15 is 0 Å². The van der Waals surface area contributed by atoms with E-state index in [9.17, 15) is 4.79 Å². The minimum absolute atomic E-state index is 0. The summed E-state index contributed by atoms with van der Waals surface area (Å²) in [5.41, 5.74) is 0. The van der Waals surface area contributed by atoms with Gasteiger partial charge in [-0.05, 0) is 39.5 Å². The van der Waals surface area contributed by atoms with Crippen molar-refractivity contribution in [3.63, 3.8) is 0 Å². The zero-order chi connectivity index (χ0) is 9.23. The van der Waals surface area contributed by atoms with Gasteiger partial charge in [0.05, 0.1) is 0 Å². The summed E-state index contributed by atoms with van der Waals surface area (Å²) in [5, 5.41) is 0. The van der Waals surface area contributed by atoms with E-state index in [4.69, 9.17) is 0 Å². The molecule has 0 atom stereocenters. The van der Waals surface area contributed by atoms with Gasteiger partial charge < -0.3 is 4.79 Å². The number of allylic oxidation sites excluding steroid dienone is 4. The third-order valence-corrected chi connectivity index (χ3v) is 1.37. The zero-order valence-electron chi connectivity index (χ0n) is 8.35. The van der Waals surface area contributed by atoms with E-state index < -0.39 is 0 Å². The summed E-state index contributed by atoms with van der Waals surface area (Å²) in [5.74, 6) is 0.167. The van der Waals surface area contributed by atoms with Crippen molar-refractivity contribution in [1.82, 2.24) is 0 Å². The van der Waals surface area contributed by atoms with Crippen molar-refractivity contribution in [3.05, 3.63) is 24.3 Å². The molecular formula is C11H18CuO. The van der Waals surface area contributed by atoms with Crippen LogP contribution in [-0.2, 0) is 21.9 Å². The molecule has 0 amide bonds. The van der Waals surface area contributed by atoms with Gasteiger partial charge >= 0.3 is 0 Å².